The van der Waals surface area contributed by atoms with Crippen molar-refractivity contribution in [3.05, 3.63) is 77.6 Å². The number of benzene rings is 2. The highest BCUT2D eigenvalue weighted by atomic mass is 16.4. The van der Waals surface area contributed by atoms with Gasteiger partial charge in [0.2, 0.25) is 0 Å². The first-order valence-corrected chi connectivity index (χ1v) is 13.2. The zero-order valence-corrected chi connectivity index (χ0v) is 21.8. The van der Waals surface area contributed by atoms with Crippen LogP contribution in [0.3, 0.4) is 0 Å². The van der Waals surface area contributed by atoms with E-state index in [9.17, 15) is 19.5 Å². The van der Waals surface area contributed by atoms with Crippen LogP contribution in [0.4, 0.5) is 0 Å². The fourth-order valence-corrected chi connectivity index (χ4v) is 5.21. The topological polar surface area (TPSA) is 136 Å². The molecule has 0 bridgehead atoms. The SMILES string of the molecule is O=C(O)/C=C/C(=O)O.O=C(c1ccc(Cc2nc3ccccc3n2CCO)cc1)N1CC[C@H](N2CCCC2)C1. The van der Waals surface area contributed by atoms with Gasteiger partial charge in [-0.05, 0) is 62.2 Å². The average Bonchev–Trinajstić information content (AvgIpc) is 3.69. The van der Waals surface area contributed by atoms with E-state index in [-0.39, 0.29) is 12.5 Å². The van der Waals surface area contributed by atoms with Crippen LogP contribution in [0.15, 0.2) is 60.7 Å². The lowest BCUT2D eigenvalue weighted by molar-refractivity contribution is -0.134. The molecule has 0 unspecified atom stereocenters. The summed E-state index contributed by atoms with van der Waals surface area (Å²) in [6.07, 6.45) is 5.45. The van der Waals surface area contributed by atoms with Gasteiger partial charge in [0.15, 0.2) is 0 Å². The Kier molecular flexibility index (Phi) is 9.45. The second-order valence-electron chi connectivity index (χ2n) is 9.71. The van der Waals surface area contributed by atoms with Crippen LogP contribution in [0.2, 0.25) is 0 Å². The van der Waals surface area contributed by atoms with E-state index in [1.54, 1.807) is 0 Å². The molecule has 1 atom stereocenters. The zero-order chi connectivity index (χ0) is 27.8. The third kappa shape index (κ3) is 7.30. The number of amides is 1. The Morgan fingerprint density at radius 2 is 1.59 bits per heavy atom. The summed E-state index contributed by atoms with van der Waals surface area (Å²) in [5, 5.41) is 25.1. The summed E-state index contributed by atoms with van der Waals surface area (Å²) in [6.45, 7) is 4.68. The van der Waals surface area contributed by atoms with Gasteiger partial charge in [-0.3, -0.25) is 9.69 Å². The van der Waals surface area contributed by atoms with Gasteiger partial charge in [-0.2, -0.15) is 0 Å². The van der Waals surface area contributed by atoms with Crippen molar-refractivity contribution in [2.45, 2.75) is 38.3 Å². The van der Waals surface area contributed by atoms with Crippen molar-refractivity contribution in [2.75, 3.05) is 32.8 Å². The highest BCUT2D eigenvalue weighted by molar-refractivity contribution is 5.94. The summed E-state index contributed by atoms with van der Waals surface area (Å²) in [6, 6.07) is 16.5. The number of carbonyl (C=O) groups is 3. The van der Waals surface area contributed by atoms with Crippen LogP contribution in [-0.4, -0.2) is 91.3 Å². The Balaban J connectivity index is 0.000000386. The van der Waals surface area contributed by atoms with Crippen molar-refractivity contribution >= 4 is 28.9 Å². The first-order chi connectivity index (χ1) is 18.9. The highest BCUT2D eigenvalue weighted by Crippen LogP contribution is 2.23. The molecule has 3 N–H and O–H groups in total. The number of rotatable bonds is 8. The monoisotopic (exact) mass is 534 g/mol. The number of aromatic nitrogens is 2. The number of likely N-dealkylation sites (tertiary alicyclic amines) is 2. The summed E-state index contributed by atoms with van der Waals surface area (Å²) in [5.41, 5.74) is 3.86. The molecular formula is C29H34N4O6. The number of carboxylic acid groups (broad SMARTS) is 2. The number of aliphatic hydroxyl groups excluding tert-OH is 1. The molecule has 2 saturated heterocycles. The smallest absolute Gasteiger partial charge is 0.328 e. The van der Waals surface area contributed by atoms with E-state index in [1.807, 2.05) is 53.4 Å². The van der Waals surface area contributed by atoms with E-state index in [0.717, 1.165) is 47.5 Å². The van der Waals surface area contributed by atoms with E-state index in [1.165, 1.54) is 25.9 Å². The third-order valence-electron chi connectivity index (χ3n) is 7.10. The summed E-state index contributed by atoms with van der Waals surface area (Å²) in [5.74, 6) is -1.44. The minimum atomic E-state index is -1.26. The maximum Gasteiger partial charge on any atom is 0.328 e. The summed E-state index contributed by atoms with van der Waals surface area (Å²) >= 11 is 0. The second-order valence-corrected chi connectivity index (χ2v) is 9.71. The van der Waals surface area contributed by atoms with Crippen molar-refractivity contribution in [2.24, 2.45) is 0 Å². The molecule has 0 saturated carbocycles. The number of carboxylic acids is 2. The molecule has 2 fully saturated rings. The Morgan fingerprint density at radius 3 is 2.23 bits per heavy atom. The maximum atomic E-state index is 13.0. The lowest BCUT2D eigenvalue weighted by Gasteiger charge is -2.23. The van der Waals surface area contributed by atoms with E-state index in [2.05, 4.69) is 9.47 Å². The fourth-order valence-electron chi connectivity index (χ4n) is 5.21. The number of hydrogen-bond donors (Lipinski definition) is 3. The van der Waals surface area contributed by atoms with Crippen molar-refractivity contribution in [3.8, 4) is 0 Å². The van der Waals surface area contributed by atoms with Gasteiger partial charge in [-0.1, -0.05) is 24.3 Å². The fraction of sp³-hybridized carbons (Fsp3) is 0.379. The van der Waals surface area contributed by atoms with Crippen LogP contribution >= 0.6 is 0 Å². The Morgan fingerprint density at radius 1 is 0.923 bits per heavy atom. The highest BCUT2D eigenvalue weighted by Gasteiger charge is 2.31. The molecule has 3 aromatic rings. The lowest BCUT2D eigenvalue weighted by atomic mass is 10.1. The van der Waals surface area contributed by atoms with Gasteiger partial charge in [0.05, 0.1) is 17.6 Å². The average molecular weight is 535 g/mol. The molecule has 1 aromatic heterocycles. The largest absolute Gasteiger partial charge is 0.478 e. The molecule has 5 rings (SSSR count). The Bertz CT molecular complexity index is 1310. The number of para-hydroxylation sites is 2. The van der Waals surface area contributed by atoms with Crippen LogP contribution in [0.25, 0.3) is 11.0 Å². The van der Waals surface area contributed by atoms with Gasteiger partial charge in [0.25, 0.3) is 5.91 Å². The number of fused-ring (bicyclic) bond motifs is 1. The molecule has 10 nitrogen and oxygen atoms in total. The maximum absolute atomic E-state index is 13.0. The quantitative estimate of drug-likeness (QED) is 0.375. The van der Waals surface area contributed by atoms with Crippen molar-refractivity contribution in [1.82, 2.24) is 19.4 Å². The minimum absolute atomic E-state index is 0.0784. The van der Waals surface area contributed by atoms with Crippen LogP contribution < -0.4 is 0 Å². The number of nitrogens with zero attached hydrogens (tertiary/aromatic N) is 4. The van der Waals surface area contributed by atoms with Gasteiger partial charge in [-0.15, -0.1) is 0 Å². The molecule has 2 aliphatic rings. The van der Waals surface area contributed by atoms with Gasteiger partial charge in [-0.25, -0.2) is 14.6 Å². The molecule has 0 radical (unpaired) electrons. The standard InChI is InChI=1S/C25H30N4O2.C4H4O4/c30-16-15-29-23-6-2-1-5-22(23)26-24(29)17-19-7-9-20(10-8-19)25(31)28-14-11-21(18-28)27-12-3-4-13-27;5-3(6)1-2-4(7)8/h1-2,5-10,21,30H,3-4,11-18H2;1-2H,(H,5,6)(H,7,8)/b;2-1+/t21-;/m0./s1. The number of aliphatic hydroxyl groups is 1. The minimum Gasteiger partial charge on any atom is -0.478 e. The number of hydrogen-bond acceptors (Lipinski definition) is 6. The third-order valence-corrected chi connectivity index (χ3v) is 7.10. The molecule has 3 heterocycles. The lowest BCUT2D eigenvalue weighted by Crippen LogP contribution is -2.37. The molecule has 10 heteroatoms. The Hall–Kier alpha value is -4.02. The Labute approximate surface area is 226 Å². The predicted octanol–water partition coefficient (Wildman–Crippen LogP) is 2.64. The molecule has 206 valence electrons. The van der Waals surface area contributed by atoms with Gasteiger partial charge in [0.1, 0.15) is 5.82 Å². The number of carbonyl (C=O) groups excluding carboxylic acids is 1. The van der Waals surface area contributed by atoms with Crippen LogP contribution in [0, 0.1) is 0 Å². The van der Waals surface area contributed by atoms with Crippen LogP contribution in [-0.2, 0) is 22.6 Å². The van der Waals surface area contributed by atoms with Crippen molar-refractivity contribution in [1.29, 1.82) is 0 Å². The first-order valence-electron chi connectivity index (χ1n) is 13.2. The molecule has 1 amide bonds. The molecular weight excluding hydrogens is 500 g/mol. The number of aliphatic carboxylic acids is 2. The van der Waals surface area contributed by atoms with E-state index in [0.29, 0.717) is 31.2 Å². The molecule has 0 aliphatic carbocycles. The van der Waals surface area contributed by atoms with E-state index >= 15 is 0 Å². The zero-order valence-electron chi connectivity index (χ0n) is 21.8. The van der Waals surface area contributed by atoms with Gasteiger partial charge in [0, 0.05) is 49.8 Å². The predicted molar refractivity (Wildman–Crippen MR) is 146 cm³/mol. The normalized spacial score (nSPS) is 17.5. The van der Waals surface area contributed by atoms with Crippen molar-refractivity contribution < 1.29 is 29.7 Å². The number of imidazole rings is 1. The molecule has 2 aromatic carbocycles. The van der Waals surface area contributed by atoms with Gasteiger partial charge >= 0.3 is 11.9 Å². The summed E-state index contributed by atoms with van der Waals surface area (Å²) in [7, 11) is 0. The second kappa shape index (κ2) is 13.2. The molecule has 2 aliphatic heterocycles. The summed E-state index contributed by atoms with van der Waals surface area (Å²) < 4.78 is 2.08. The van der Waals surface area contributed by atoms with Gasteiger partial charge < -0.3 is 24.8 Å². The molecule has 39 heavy (non-hydrogen) atoms. The molecule has 0 spiro atoms. The van der Waals surface area contributed by atoms with E-state index in [4.69, 9.17) is 15.2 Å². The summed E-state index contributed by atoms with van der Waals surface area (Å²) in [4.78, 5) is 41.4. The van der Waals surface area contributed by atoms with Crippen LogP contribution in [0.1, 0.15) is 41.0 Å². The van der Waals surface area contributed by atoms with Crippen molar-refractivity contribution in [3.63, 3.8) is 0 Å². The first kappa shape index (κ1) is 28.0. The van der Waals surface area contributed by atoms with E-state index < -0.39 is 11.9 Å². The van der Waals surface area contributed by atoms with Crippen LogP contribution in [0.5, 0.6) is 0 Å².